The summed E-state index contributed by atoms with van der Waals surface area (Å²) in [6, 6.07) is 6.03. The quantitative estimate of drug-likeness (QED) is 0.431. The van der Waals surface area contributed by atoms with E-state index in [2.05, 4.69) is 4.99 Å². The number of hydrogen-bond acceptors (Lipinski definition) is 2. The Morgan fingerprint density at radius 1 is 1.21 bits per heavy atom. The van der Waals surface area contributed by atoms with Crippen molar-refractivity contribution in [3.63, 3.8) is 0 Å². The maximum absolute atomic E-state index is 12.4. The van der Waals surface area contributed by atoms with Gasteiger partial charge in [-0.2, -0.15) is 13.2 Å². The standard InChI is InChI=1S/C8H10FN3.C2HF3O2/c9-7-3-1-6(2-4-7)5-12-8(10)11;3-2(4,5)1(6)7/h1-4H,5H2,(H4,10,11,12);(H,6,7). The van der Waals surface area contributed by atoms with E-state index in [4.69, 9.17) is 21.4 Å². The van der Waals surface area contributed by atoms with Gasteiger partial charge in [-0.25, -0.2) is 14.2 Å². The van der Waals surface area contributed by atoms with Gasteiger partial charge in [-0.1, -0.05) is 12.1 Å². The molecule has 0 radical (unpaired) electrons. The van der Waals surface area contributed by atoms with Crippen LogP contribution in [0.2, 0.25) is 0 Å². The van der Waals surface area contributed by atoms with Crippen LogP contribution in [0.5, 0.6) is 0 Å². The fourth-order valence-corrected chi connectivity index (χ4v) is 0.772. The number of carboxylic acid groups (broad SMARTS) is 1. The zero-order valence-corrected chi connectivity index (χ0v) is 9.49. The first-order valence-electron chi connectivity index (χ1n) is 4.73. The molecule has 0 aliphatic rings. The number of aliphatic carboxylic acids is 1. The van der Waals surface area contributed by atoms with Crippen molar-refractivity contribution in [2.45, 2.75) is 12.7 Å². The second-order valence-corrected chi connectivity index (χ2v) is 3.17. The Hall–Kier alpha value is -2.32. The van der Waals surface area contributed by atoms with E-state index in [-0.39, 0.29) is 11.8 Å². The van der Waals surface area contributed by atoms with Crippen LogP contribution in [0.15, 0.2) is 29.3 Å². The molecule has 5 nitrogen and oxygen atoms in total. The van der Waals surface area contributed by atoms with Crippen LogP contribution in [0.25, 0.3) is 0 Å². The topological polar surface area (TPSA) is 102 Å². The third-order valence-corrected chi connectivity index (χ3v) is 1.60. The Morgan fingerprint density at radius 2 is 1.63 bits per heavy atom. The summed E-state index contributed by atoms with van der Waals surface area (Å²) < 4.78 is 44.1. The van der Waals surface area contributed by atoms with Crippen molar-refractivity contribution < 1.29 is 27.5 Å². The summed E-state index contributed by atoms with van der Waals surface area (Å²) in [5, 5.41) is 7.12. The number of guanidine groups is 1. The number of halogens is 4. The van der Waals surface area contributed by atoms with Crippen LogP contribution in [0.3, 0.4) is 0 Å². The number of nitrogens with zero attached hydrogens (tertiary/aromatic N) is 1. The van der Waals surface area contributed by atoms with E-state index < -0.39 is 12.1 Å². The minimum absolute atomic E-state index is 0.0410. The number of aliphatic imine (C=N–C) groups is 1. The average molecular weight is 281 g/mol. The lowest BCUT2D eigenvalue weighted by Crippen LogP contribution is -2.22. The summed E-state index contributed by atoms with van der Waals surface area (Å²) in [6.45, 7) is 0.391. The highest BCUT2D eigenvalue weighted by molar-refractivity contribution is 5.75. The average Bonchev–Trinajstić information content (AvgIpc) is 2.27. The second kappa shape index (κ2) is 7.19. The molecule has 0 bridgehead atoms. The molecule has 0 heterocycles. The lowest BCUT2D eigenvalue weighted by molar-refractivity contribution is -0.192. The van der Waals surface area contributed by atoms with Crippen LogP contribution < -0.4 is 11.5 Å². The molecule has 0 saturated carbocycles. The number of rotatable bonds is 2. The molecule has 0 spiro atoms. The van der Waals surface area contributed by atoms with Gasteiger partial charge in [-0.15, -0.1) is 0 Å². The van der Waals surface area contributed by atoms with Crippen LogP contribution in [0, 0.1) is 5.82 Å². The molecule has 5 N–H and O–H groups in total. The summed E-state index contributed by atoms with van der Waals surface area (Å²) in [5.41, 5.74) is 11.1. The van der Waals surface area contributed by atoms with Crippen molar-refractivity contribution in [1.29, 1.82) is 0 Å². The lowest BCUT2D eigenvalue weighted by atomic mass is 10.2. The minimum atomic E-state index is -5.08. The number of carbonyl (C=O) groups is 1. The fraction of sp³-hybridized carbons (Fsp3) is 0.200. The molecule has 106 valence electrons. The monoisotopic (exact) mass is 281 g/mol. The molecule has 0 amide bonds. The number of alkyl halides is 3. The van der Waals surface area contributed by atoms with Gasteiger partial charge in [0.15, 0.2) is 5.96 Å². The highest BCUT2D eigenvalue weighted by Gasteiger charge is 2.38. The first-order valence-corrected chi connectivity index (χ1v) is 4.73. The third-order valence-electron chi connectivity index (χ3n) is 1.60. The van der Waals surface area contributed by atoms with Gasteiger partial charge in [0.2, 0.25) is 0 Å². The number of hydrogen-bond donors (Lipinski definition) is 3. The molecule has 0 aromatic heterocycles. The second-order valence-electron chi connectivity index (χ2n) is 3.17. The molecule has 0 unspecified atom stereocenters. The molecule has 1 rings (SSSR count). The van der Waals surface area contributed by atoms with Gasteiger partial charge in [0.25, 0.3) is 0 Å². The molecule has 1 aromatic carbocycles. The van der Waals surface area contributed by atoms with Crippen LogP contribution in [-0.4, -0.2) is 23.2 Å². The van der Waals surface area contributed by atoms with E-state index in [0.29, 0.717) is 6.54 Å². The molecular weight excluding hydrogens is 270 g/mol. The van der Waals surface area contributed by atoms with Crippen LogP contribution in [0.4, 0.5) is 17.6 Å². The van der Waals surface area contributed by atoms with Gasteiger partial charge in [0, 0.05) is 0 Å². The van der Waals surface area contributed by atoms with Gasteiger partial charge in [0.1, 0.15) is 5.82 Å². The van der Waals surface area contributed by atoms with Crippen molar-refractivity contribution in [2.24, 2.45) is 16.5 Å². The largest absolute Gasteiger partial charge is 0.490 e. The molecule has 0 fully saturated rings. The van der Waals surface area contributed by atoms with Crippen molar-refractivity contribution in [1.82, 2.24) is 0 Å². The molecule has 1 aromatic rings. The number of benzene rings is 1. The van der Waals surface area contributed by atoms with Gasteiger partial charge < -0.3 is 16.6 Å². The highest BCUT2D eigenvalue weighted by atomic mass is 19.4. The normalized spacial score (nSPS) is 10.1. The van der Waals surface area contributed by atoms with E-state index in [1.807, 2.05) is 0 Å². The minimum Gasteiger partial charge on any atom is -0.475 e. The van der Waals surface area contributed by atoms with Crippen molar-refractivity contribution in [3.8, 4) is 0 Å². The van der Waals surface area contributed by atoms with Crippen molar-refractivity contribution in [3.05, 3.63) is 35.6 Å². The molecule has 0 saturated heterocycles. The molecule has 0 aliphatic heterocycles. The Labute approximate surface area is 105 Å². The molecular formula is C10H11F4N3O2. The van der Waals surface area contributed by atoms with Crippen LogP contribution in [-0.2, 0) is 11.3 Å². The maximum Gasteiger partial charge on any atom is 0.490 e. The molecule has 19 heavy (non-hydrogen) atoms. The van der Waals surface area contributed by atoms with Gasteiger partial charge in [-0.05, 0) is 17.7 Å². The Kier molecular flexibility index (Phi) is 6.31. The zero-order chi connectivity index (χ0) is 15.1. The maximum atomic E-state index is 12.4. The van der Waals surface area contributed by atoms with Crippen molar-refractivity contribution in [2.75, 3.05) is 0 Å². The van der Waals surface area contributed by atoms with E-state index in [0.717, 1.165) is 5.56 Å². The third kappa shape index (κ3) is 8.41. The predicted molar refractivity (Wildman–Crippen MR) is 59.6 cm³/mol. The SMILES string of the molecule is NC(N)=NCc1ccc(F)cc1.O=C(O)C(F)(F)F. The molecule has 0 atom stereocenters. The van der Waals surface area contributed by atoms with Gasteiger partial charge >= 0.3 is 12.1 Å². The summed E-state index contributed by atoms with van der Waals surface area (Å²) in [7, 11) is 0. The van der Waals surface area contributed by atoms with Crippen LogP contribution in [0.1, 0.15) is 5.56 Å². The van der Waals surface area contributed by atoms with E-state index in [1.54, 1.807) is 12.1 Å². The van der Waals surface area contributed by atoms with E-state index >= 15 is 0 Å². The smallest absolute Gasteiger partial charge is 0.475 e. The molecule has 9 heteroatoms. The zero-order valence-electron chi connectivity index (χ0n) is 9.49. The number of nitrogens with two attached hydrogens (primary N) is 2. The fourth-order valence-electron chi connectivity index (χ4n) is 0.772. The summed E-state index contributed by atoms with van der Waals surface area (Å²) >= 11 is 0. The summed E-state index contributed by atoms with van der Waals surface area (Å²) in [4.78, 5) is 12.7. The number of carboxylic acids is 1. The summed E-state index contributed by atoms with van der Waals surface area (Å²) in [5.74, 6) is -2.98. The Bertz CT molecular complexity index is 439. The Morgan fingerprint density at radius 3 is 1.95 bits per heavy atom. The van der Waals surface area contributed by atoms with Gasteiger partial charge in [-0.3, -0.25) is 0 Å². The first kappa shape index (κ1) is 16.7. The van der Waals surface area contributed by atoms with Crippen LogP contribution >= 0.6 is 0 Å². The highest BCUT2D eigenvalue weighted by Crippen LogP contribution is 2.13. The molecule has 0 aliphatic carbocycles. The van der Waals surface area contributed by atoms with Crippen molar-refractivity contribution >= 4 is 11.9 Å². The predicted octanol–water partition coefficient (Wildman–Crippen LogP) is 1.23. The Balaban J connectivity index is 0.000000399. The van der Waals surface area contributed by atoms with Gasteiger partial charge in [0.05, 0.1) is 6.54 Å². The first-order chi connectivity index (χ1) is 8.62. The lowest BCUT2D eigenvalue weighted by Gasteiger charge is -1.95. The van der Waals surface area contributed by atoms with E-state index in [9.17, 15) is 17.6 Å². The summed E-state index contributed by atoms with van der Waals surface area (Å²) in [6.07, 6.45) is -5.08. The van der Waals surface area contributed by atoms with E-state index in [1.165, 1.54) is 12.1 Å².